The zero-order chi connectivity index (χ0) is 15.0. The lowest BCUT2D eigenvalue weighted by molar-refractivity contribution is 0.787. The number of hydrogen-bond acceptors (Lipinski definition) is 5. The zero-order valence-electron chi connectivity index (χ0n) is 11.6. The molecule has 0 aliphatic heterocycles. The molecule has 3 rings (SSSR count). The molecule has 104 valence electrons. The smallest absolute Gasteiger partial charge is 0.263 e. The summed E-state index contributed by atoms with van der Waals surface area (Å²) < 4.78 is 1.43. The quantitative estimate of drug-likeness (QED) is 0.729. The third-order valence-corrected chi connectivity index (χ3v) is 4.56. The van der Waals surface area contributed by atoms with Crippen LogP contribution in [0.4, 0.5) is 0 Å². The number of aromatic nitrogens is 3. The molecule has 0 unspecified atom stereocenters. The lowest BCUT2D eigenvalue weighted by Gasteiger charge is -2.09. The van der Waals surface area contributed by atoms with Gasteiger partial charge in [-0.25, -0.2) is 4.98 Å². The summed E-state index contributed by atoms with van der Waals surface area (Å²) in [6.07, 6.45) is 3.29. The minimum Gasteiger partial charge on any atom is -0.278 e. The highest BCUT2D eigenvalue weighted by molar-refractivity contribution is 7.18. The zero-order valence-corrected chi connectivity index (χ0v) is 12.4. The van der Waals surface area contributed by atoms with Gasteiger partial charge >= 0.3 is 0 Å². The van der Waals surface area contributed by atoms with Crippen LogP contribution in [0, 0.1) is 25.2 Å². The van der Waals surface area contributed by atoms with Gasteiger partial charge in [-0.05, 0) is 31.5 Å². The first-order chi connectivity index (χ1) is 10.1. The molecule has 0 saturated heterocycles. The summed E-state index contributed by atoms with van der Waals surface area (Å²) in [5.74, 6) is 0.512. The molecular formula is C15H12N4OS. The van der Waals surface area contributed by atoms with Crippen molar-refractivity contribution in [3.63, 3.8) is 0 Å². The van der Waals surface area contributed by atoms with Crippen molar-refractivity contribution < 1.29 is 0 Å². The van der Waals surface area contributed by atoms with Crippen LogP contribution in [0.15, 0.2) is 29.3 Å². The summed E-state index contributed by atoms with van der Waals surface area (Å²) in [5.41, 5.74) is 1.57. The van der Waals surface area contributed by atoms with Gasteiger partial charge in [0.1, 0.15) is 17.2 Å². The first-order valence-electron chi connectivity index (χ1n) is 6.41. The predicted octanol–water partition coefficient (Wildman–Crippen LogP) is 2.66. The Kier molecular flexibility index (Phi) is 3.28. The minimum absolute atomic E-state index is 0.0201. The SMILES string of the molecule is Cc1sc2nc(-c3ccncc3)n(CC#N)c(=O)c2c1C. The van der Waals surface area contributed by atoms with E-state index in [4.69, 9.17) is 5.26 Å². The lowest BCUT2D eigenvalue weighted by Crippen LogP contribution is -2.23. The van der Waals surface area contributed by atoms with Crippen LogP contribution in [-0.2, 0) is 6.54 Å². The molecule has 0 amide bonds. The maximum atomic E-state index is 12.7. The summed E-state index contributed by atoms with van der Waals surface area (Å²) in [6.45, 7) is 3.87. The summed E-state index contributed by atoms with van der Waals surface area (Å²) in [6, 6.07) is 5.61. The normalized spacial score (nSPS) is 10.7. The molecule has 5 nitrogen and oxygen atoms in total. The first-order valence-corrected chi connectivity index (χ1v) is 7.23. The van der Waals surface area contributed by atoms with E-state index in [9.17, 15) is 4.79 Å². The van der Waals surface area contributed by atoms with Crippen LogP contribution in [0.5, 0.6) is 0 Å². The molecule has 6 heteroatoms. The van der Waals surface area contributed by atoms with Crippen LogP contribution in [0.3, 0.4) is 0 Å². The fourth-order valence-corrected chi connectivity index (χ4v) is 3.29. The largest absolute Gasteiger partial charge is 0.278 e. The molecule has 0 fully saturated rings. The van der Waals surface area contributed by atoms with Crippen molar-refractivity contribution in [2.24, 2.45) is 0 Å². The Labute approximate surface area is 125 Å². The van der Waals surface area contributed by atoms with Crippen molar-refractivity contribution in [1.29, 1.82) is 5.26 Å². The van der Waals surface area contributed by atoms with Crippen LogP contribution in [0.1, 0.15) is 10.4 Å². The van der Waals surface area contributed by atoms with E-state index in [1.165, 1.54) is 15.9 Å². The average molecular weight is 296 g/mol. The third-order valence-electron chi connectivity index (χ3n) is 3.46. The van der Waals surface area contributed by atoms with E-state index in [0.717, 1.165) is 20.8 Å². The van der Waals surface area contributed by atoms with Gasteiger partial charge in [0.2, 0.25) is 0 Å². The Bertz CT molecular complexity index is 919. The Morgan fingerprint density at radius 3 is 2.71 bits per heavy atom. The Morgan fingerprint density at radius 2 is 2.05 bits per heavy atom. The number of aryl methyl sites for hydroxylation is 2. The Balaban J connectivity index is 2.42. The molecule has 0 saturated carbocycles. The standard InChI is InChI=1S/C15H12N4OS/c1-9-10(2)21-14-12(9)15(20)19(8-5-16)13(18-14)11-3-6-17-7-4-11/h3-4,6-7H,8H2,1-2H3. The third kappa shape index (κ3) is 2.12. The molecule has 0 radical (unpaired) electrons. The number of nitriles is 1. The van der Waals surface area contributed by atoms with Gasteiger partial charge in [-0.15, -0.1) is 11.3 Å². The molecule has 0 aromatic carbocycles. The van der Waals surface area contributed by atoms with Gasteiger partial charge in [-0.1, -0.05) is 0 Å². The number of pyridine rings is 1. The fraction of sp³-hybridized carbons (Fsp3) is 0.200. The van der Waals surface area contributed by atoms with Crippen LogP contribution in [0.2, 0.25) is 0 Å². The highest BCUT2D eigenvalue weighted by Gasteiger charge is 2.17. The van der Waals surface area contributed by atoms with E-state index in [2.05, 4.69) is 9.97 Å². The van der Waals surface area contributed by atoms with Gasteiger partial charge in [0.15, 0.2) is 0 Å². The van der Waals surface area contributed by atoms with Crippen molar-refractivity contribution in [2.45, 2.75) is 20.4 Å². The number of fused-ring (bicyclic) bond motifs is 1. The molecule has 21 heavy (non-hydrogen) atoms. The monoisotopic (exact) mass is 296 g/mol. The van der Waals surface area contributed by atoms with Gasteiger partial charge in [0, 0.05) is 22.8 Å². The number of rotatable bonds is 2. The summed E-state index contributed by atoms with van der Waals surface area (Å²) in [7, 11) is 0. The van der Waals surface area contributed by atoms with Crippen molar-refractivity contribution >= 4 is 21.6 Å². The molecule has 0 aliphatic rings. The molecule has 3 aromatic rings. The topological polar surface area (TPSA) is 71.6 Å². The van der Waals surface area contributed by atoms with Crippen molar-refractivity contribution in [2.75, 3.05) is 0 Å². The van der Waals surface area contributed by atoms with Crippen molar-refractivity contribution in [3.8, 4) is 17.5 Å². The molecular weight excluding hydrogens is 284 g/mol. The Hall–Kier alpha value is -2.52. The predicted molar refractivity (Wildman–Crippen MR) is 82.2 cm³/mol. The fourth-order valence-electron chi connectivity index (χ4n) is 2.27. The molecule has 3 heterocycles. The number of thiophene rings is 1. The maximum absolute atomic E-state index is 12.7. The number of nitrogens with zero attached hydrogens (tertiary/aromatic N) is 4. The summed E-state index contributed by atoms with van der Waals surface area (Å²) in [4.78, 5) is 23.1. The molecule has 0 aliphatic carbocycles. The van der Waals surface area contributed by atoms with Crippen LogP contribution in [-0.4, -0.2) is 14.5 Å². The van der Waals surface area contributed by atoms with Gasteiger partial charge in [-0.2, -0.15) is 5.26 Å². The molecule has 0 spiro atoms. The van der Waals surface area contributed by atoms with E-state index in [-0.39, 0.29) is 12.1 Å². The average Bonchev–Trinajstić information content (AvgIpc) is 2.78. The van der Waals surface area contributed by atoms with Gasteiger partial charge in [0.25, 0.3) is 5.56 Å². The first kappa shape index (κ1) is 13.5. The van der Waals surface area contributed by atoms with E-state index in [0.29, 0.717) is 11.2 Å². The van der Waals surface area contributed by atoms with Gasteiger partial charge in [0.05, 0.1) is 11.5 Å². The van der Waals surface area contributed by atoms with E-state index < -0.39 is 0 Å². The summed E-state index contributed by atoms with van der Waals surface area (Å²) >= 11 is 1.51. The second-order valence-electron chi connectivity index (χ2n) is 4.68. The lowest BCUT2D eigenvalue weighted by atomic mass is 10.2. The van der Waals surface area contributed by atoms with E-state index in [1.807, 2.05) is 19.9 Å². The molecule has 0 N–H and O–H groups in total. The van der Waals surface area contributed by atoms with Gasteiger partial charge < -0.3 is 0 Å². The minimum atomic E-state index is -0.157. The van der Waals surface area contributed by atoms with Crippen LogP contribution >= 0.6 is 11.3 Å². The van der Waals surface area contributed by atoms with Gasteiger partial charge in [-0.3, -0.25) is 14.3 Å². The molecule has 0 atom stereocenters. The molecule has 0 bridgehead atoms. The maximum Gasteiger partial charge on any atom is 0.263 e. The molecule has 3 aromatic heterocycles. The number of hydrogen-bond donors (Lipinski definition) is 0. The van der Waals surface area contributed by atoms with E-state index >= 15 is 0 Å². The van der Waals surface area contributed by atoms with Crippen LogP contribution < -0.4 is 5.56 Å². The Morgan fingerprint density at radius 1 is 1.33 bits per heavy atom. The second-order valence-corrected chi connectivity index (χ2v) is 5.89. The van der Waals surface area contributed by atoms with E-state index in [1.54, 1.807) is 24.5 Å². The summed E-state index contributed by atoms with van der Waals surface area (Å²) in [5, 5.41) is 9.63. The van der Waals surface area contributed by atoms with Crippen LogP contribution in [0.25, 0.3) is 21.6 Å². The second kappa shape index (κ2) is 5.11. The van der Waals surface area contributed by atoms with Crippen molar-refractivity contribution in [1.82, 2.24) is 14.5 Å². The highest BCUT2D eigenvalue weighted by atomic mass is 32.1. The highest BCUT2D eigenvalue weighted by Crippen LogP contribution is 2.28. The van der Waals surface area contributed by atoms with Crippen molar-refractivity contribution in [3.05, 3.63) is 45.3 Å².